The van der Waals surface area contributed by atoms with E-state index in [9.17, 15) is 14.9 Å². The number of hydrogen-bond donors (Lipinski definition) is 2. The third-order valence-corrected chi connectivity index (χ3v) is 2.58. The molecule has 1 aromatic carbocycles. The number of aliphatic imine (C=N–C) groups is 1. The molecular formula is C10H8N4O4S. The second kappa shape index (κ2) is 6.36. The molecule has 0 amide bonds. The molecule has 0 aromatic heterocycles. The van der Waals surface area contributed by atoms with Crippen LogP contribution in [0.1, 0.15) is 10.4 Å². The molecule has 0 bridgehead atoms. The van der Waals surface area contributed by atoms with E-state index < -0.39 is 16.6 Å². The number of amidine groups is 1. The molecule has 9 heteroatoms. The molecule has 0 spiro atoms. The van der Waals surface area contributed by atoms with Gasteiger partial charge in [0, 0.05) is 6.07 Å². The number of nitriles is 1. The SMILES string of the molecule is CSC(=Nc1ccc(C(=O)O)cc1[N+](=O)[O-])NC#N. The lowest BCUT2D eigenvalue weighted by atomic mass is 10.2. The lowest BCUT2D eigenvalue weighted by molar-refractivity contribution is -0.384. The van der Waals surface area contributed by atoms with Crippen LogP contribution in [-0.2, 0) is 0 Å². The second-order valence-corrected chi connectivity index (χ2v) is 3.92. The van der Waals surface area contributed by atoms with E-state index in [0.717, 1.165) is 17.8 Å². The molecule has 8 nitrogen and oxygen atoms in total. The van der Waals surface area contributed by atoms with Crippen LogP contribution < -0.4 is 5.32 Å². The second-order valence-electron chi connectivity index (χ2n) is 3.12. The number of thioether (sulfide) groups is 1. The van der Waals surface area contributed by atoms with Crippen LogP contribution in [0.5, 0.6) is 0 Å². The Bertz CT molecular complexity index is 594. The van der Waals surface area contributed by atoms with Gasteiger partial charge in [-0.3, -0.25) is 15.4 Å². The summed E-state index contributed by atoms with van der Waals surface area (Å²) in [5.41, 5.74) is -0.669. The zero-order valence-corrected chi connectivity index (χ0v) is 10.5. The van der Waals surface area contributed by atoms with Crippen molar-refractivity contribution in [3.05, 3.63) is 33.9 Å². The summed E-state index contributed by atoms with van der Waals surface area (Å²) < 4.78 is 0. The Labute approximate surface area is 111 Å². The van der Waals surface area contributed by atoms with Crippen LogP contribution >= 0.6 is 11.8 Å². The summed E-state index contributed by atoms with van der Waals surface area (Å²) in [7, 11) is 0. The number of aromatic carboxylic acids is 1. The molecule has 0 heterocycles. The standard InChI is InChI=1S/C10H8N4O4S/c1-19-10(12-5-11)13-7-3-2-6(9(15)16)4-8(7)14(17)18/h2-4H,1H3,(H,12,13)(H,15,16). The first-order valence-electron chi connectivity index (χ1n) is 4.79. The summed E-state index contributed by atoms with van der Waals surface area (Å²) in [6.45, 7) is 0. The van der Waals surface area contributed by atoms with Crippen molar-refractivity contribution in [1.82, 2.24) is 5.32 Å². The van der Waals surface area contributed by atoms with Gasteiger partial charge in [0.15, 0.2) is 11.4 Å². The zero-order valence-electron chi connectivity index (χ0n) is 9.65. The average Bonchev–Trinajstić information content (AvgIpc) is 2.37. The summed E-state index contributed by atoms with van der Waals surface area (Å²) >= 11 is 1.10. The highest BCUT2D eigenvalue weighted by molar-refractivity contribution is 8.13. The Kier molecular flexibility index (Phi) is 4.84. The highest BCUT2D eigenvalue weighted by atomic mass is 32.2. The fourth-order valence-electron chi connectivity index (χ4n) is 1.18. The Balaban J connectivity index is 3.32. The van der Waals surface area contributed by atoms with Gasteiger partial charge in [0.05, 0.1) is 10.5 Å². The maximum absolute atomic E-state index is 10.9. The van der Waals surface area contributed by atoms with Crippen molar-refractivity contribution < 1.29 is 14.8 Å². The first kappa shape index (κ1) is 14.5. The van der Waals surface area contributed by atoms with Gasteiger partial charge in [-0.1, -0.05) is 11.8 Å². The lowest BCUT2D eigenvalue weighted by Crippen LogP contribution is -2.12. The number of carboxylic acids is 1. The van der Waals surface area contributed by atoms with Crippen molar-refractivity contribution >= 4 is 34.3 Å². The minimum absolute atomic E-state index is 0.0258. The van der Waals surface area contributed by atoms with Crippen LogP contribution in [0.4, 0.5) is 11.4 Å². The van der Waals surface area contributed by atoms with E-state index in [0.29, 0.717) is 0 Å². The Morgan fingerprint density at radius 3 is 2.79 bits per heavy atom. The van der Waals surface area contributed by atoms with Crippen molar-refractivity contribution in [3.8, 4) is 6.19 Å². The van der Waals surface area contributed by atoms with Gasteiger partial charge in [0.25, 0.3) is 5.69 Å². The molecule has 0 radical (unpaired) electrons. The first-order valence-corrected chi connectivity index (χ1v) is 6.01. The van der Waals surface area contributed by atoms with Gasteiger partial charge in [-0.25, -0.2) is 9.79 Å². The Hall–Kier alpha value is -2.60. The van der Waals surface area contributed by atoms with E-state index in [2.05, 4.69) is 10.3 Å². The van der Waals surface area contributed by atoms with Gasteiger partial charge in [-0.05, 0) is 18.4 Å². The number of rotatable bonds is 3. The van der Waals surface area contributed by atoms with E-state index in [-0.39, 0.29) is 16.4 Å². The van der Waals surface area contributed by atoms with Gasteiger partial charge in [-0.2, -0.15) is 5.26 Å². The number of hydrogen-bond acceptors (Lipinski definition) is 6. The van der Waals surface area contributed by atoms with Crippen molar-refractivity contribution in [2.45, 2.75) is 0 Å². The molecular weight excluding hydrogens is 272 g/mol. The Morgan fingerprint density at radius 1 is 1.63 bits per heavy atom. The molecule has 0 aliphatic heterocycles. The van der Waals surface area contributed by atoms with Gasteiger partial charge in [-0.15, -0.1) is 0 Å². The zero-order chi connectivity index (χ0) is 14.4. The quantitative estimate of drug-likeness (QED) is 0.215. The number of nitro groups is 1. The predicted octanol–water partition coefficient (Wildman–Crippen LogP) is 1.71. The maximum Gasteiger partial charge on any atom is 0.335 e. The van der Waals surface area contributed by atoms with Crippen LogP contribution in [0.2, 0.25) is 0 Å². The number of carbonyl (C=O) groups is 1. The van der Waals surface area contributed by atoms with E-state index >= 15 is 0 Å². The fraction of sp³-hybridized carbons (Fsp3) is 0.100. The number of carboxylic acid groups (broad SMARTS) is 1. The third-order valence-electron chi connectivity index (χ3n) is 2.00. The highest BCUT2D eigenvalue weighted by Crippen LogP contribution is 2.29. The minimum atomic E-state index is -1.26. The molecule has 2 N–H and O–H groups in total. The molecule has 0 aliphatic carbocycles. The summed E-state index contributed by atoms with van der Waals surface area (Å²) in [6.07, 6.45) is 3.29. The molecule has 0 fully saturated rings. The van der Waals surface area contributed by atoms with Gasteiger partial charge in [0.1, 0.15) is 5.69 Å². The maximum atomic E-state index is 10.9. The van der Waals surface area contributed by atoms with E-state index in [1.54, 1.807) is 12.4 Å². The van der Waals surface area contributed by atoms with E-state index in [4.69, 9.17) is 10.4 Å². The molecule has 1 aromatic rings. The van der Waals surface area contributed by atoms with Crippen LogP contribution in [0.15, 0.2) is 23.2 Å². The molecule has 0 saturated heterocycles. The predicted molar refractivity (Wildman–Crippen MR) is 69.4 cm³/mol. The van der Waals surface area contributed by atoms with Crippen LogP contribution in [0.25, 0.3) is 0 Å². The third kappa shape index (κ3) is 3.68. The highest BCUT2D eigenvalue weighted by Gasteiger charge is 2.17. The average molecular weight is 280 g/mol. The van der Waals surface area contributed by atoms with Crippen LogP contribution in [0.3, 0.4) is 0 Å². The topological polar surface area (TPSA) is 129 Å². The number of nitro benzene ring substituents is 1. The number of nitrogens with one attached hydrogen (secondary N) is 1. The molecule has 98 valence electrons. The summed E-state index contributed by atoms with van der Waals surface area (Å²) in [6, 6.07) is 3.35. The largest absolute Gasteiger partial charge is 0.478 e. The van der Waals surface area contributed by atoms with Gasteiger partial charge in [0.2, 0.25) is 0 Å². The first-order chi connectivity index (χ1) is 8.99. The summed E-state index contributed by atoms with van der Waals surface area (Å²) in [5.74, 6) is -1.26. The normalized spacial score (nSPS) is 10.6. The monoisotopic (exact) mass is 280 g/mol. The van der Waals surface area contributed by atoms with Crippen LogP contribution in [-0.4, -0.2) is 27.4 Å². The minimum Gasteiger partial charge on any atom is -0.478 e. The lowest BCUT2D eigenvalue weighted by Gasteiger charge is -2.02. The number of benzene rings is 1. The van der Waals surface area contributed by atoms with Gasteiger partial charge < -0.3 is 5.11 Å². The summed E-state index contributed by atoms with van der Waals surface area (Å²) in [4.78, 5) is 24.8. The summed E-state index contributed by atoms with van der Waals surface area (Å²) in [5, 5.41) is 30.6. The number of nitrogens with zero attached hydrogens (tertiary/aromatic N) is 3. The molecule has 1 rings (SSSR count). The molecule has 0 saturated carbocycles. The van der Waals surface area contributed by atoms with Crippen molar-refractivity contribution in [2.75, 3.05) is 6.26 Å². The Morgan fingerprint density at radius 2 is 2.32 bits per heavy atom. The molecule has 0 aliphatic rings. The molecule has 19 heavy (non-hydrogen) atoms. The van der Waals surface area contributed by atoms with Crippen molar-refractivity contribution in [3.63, 3.8) is 0 Å². The van der Waals surface area contributed by atoms with E-state index in [1.807, 2.05) is 0 Å². The van der Waals surface area contributed by atoms with E-state index in [1.165, 1.54) is 12.1 Å². The van der Waals surface area contributed by atoms with Crippen molar-refractivity contribution in [1.29, 1.82) is 5.26 Å². The van der Waals surface area contributed by atoms with Crippen molar-refractivity contribution in [2.24, 2.45) is 4.99 Å². The smallest absolute Gasteiger partial charge is 0.335 e. The molecule has 0 unspecified atom stereocenters. The van der Waals surface area contributed by atoms with Gasteiger partial charge >= 0.3 is 5.97 Å². The fourth-order valence-corrected chi connectivity index (χ4v) is 1.52. The van der Waals surface area contributed by atoms with Crippen LogP contribution in [0, 0.1) is 21.6 Å². The molecule has 0 atom stereocenters.